The average molecular weight is 213 g/mol. The van der Waals surface area contributed by atoms with Crippen LogP contribution in [0.4, 0.5) is 0 Å². The van der Waals surface area contributed by atoms with Crippen LogP contribution in [0.5, 0.6) is 0 Å². The van der Waals surface area contributed by atoms with Gasteiger partial charge in [-0.2, -0.15) is 0 Å². The first-order valence-electron chi connectivity index (χ1n) is 5.77. The molecule has 1 aliphatic rings. The van der Waals surface area contributed by atoms with Gasteiger partial charge in [0.1, 0.15) is 0 Å². The molecule has 0 bridgehead atoms. The number of ether oxygens (including phenoxy) is 1. The van der Waals surface area contributed by atoms with Crippen molar-refractivity contribution in [2.75, 3.05) is 26.3 Å². The van der Waals surface area contributed by atoms with Crippen molar-refractivity contribution in [3.8, 4) is 0 Å². The molecule has 0 saturated heterocycles. The molecule has 0 spiro atoms. The second kappa shape index (κ2) is 6.26. The van der Waals surface area contributed by atoms with E-state index in [2.05, 4.69) is 24.8 Å². The van der Waals surface area contributed by atoms with Gasteiger partial charge in [-0.1, -0.05) is 6.08 Å². The second-order valence-electron chi connectivity index (χ2n) is 4.58. The number of aliphatic hydroxyl groups is 1. The molecule has 0 amide bonds. The van der Waals surface area contributed by atoms with Gasteiger partial charge in [-0.25, -0.2) is 0 Å². The number of hydrogen-bond acceptors (Lipinski definition) is 3. The molecular formula is C12H23NO2. The summed E-state index contributed by atoms with van der Waals surface area (Å²) < 4.78 is 5.41. The Balaban J connectivity index is 2.46. The second-order valence-corrected chi connectivity index (χ2v) is 4.58. The Bertz CT molecular complexity index is 212. The summed E-state index contributed by atoms with van der Waals surface area (Å²) in [7, 11) is 0. The molecule has 0 radical (unpaired) electrons. The van der Waals surface area contributed by atoms with E-state index < -0.39 is 0 Å². The summed E-state index contributed by atoms with van der Waals surface area (Å²) >= 11 is 0. The SMILES string of the molecule is CC(O)CN(CC1=CCCOC1)C(C)C. The Morgan fingerprint density at radius 3 is 2.67 bits per heavy atom. The first-order chi connectivity index (χ1) is 7.09. The average Bonchev–Trinajstić information content (AvgIpc) is 2.17. The largest absolute Gasteiger partial charge is 0.392 e. The summed E-state index contributed by atoms with van der Waals surface area (Å²) in [6.07, 6.45) is 3.02. The van der Waals surface area contributed by atoms with Crippen molar-refractivity contribution in [2.45, 2.75) is 39.3 Å². The van der Waals surface area contributed by atoms with Crippen LogP contribution in [0, 0.1) is 0 Å². The van der Waals surface area contributed by atoms with Crippen LogP contribution in [0.2, 0.25) is 0 Å². The lowest BCUT2D eigenvalue weighted by molar-refractivity contribution is 0.102. The fraction of sp³-hybridized carbons (Fsp3) is 0.833. The van der Waals surface area contributed by atoms with Crippen LogP contribution in [0.3, 0.4) is 0 Å². The van der Waals surface area contributed by atoms with Crippen LogP contribution in [-0.4, -0.2) is 48.5 Å². The molecule has 3 heteroatoms. The van der Waals surface area contributed by atoms with Gasteiger partial charge in [0.05, 0.1) is 19.3 Å². The molecule has 0 aromatic carbocycles. The lowest BCUT2D eigenvalue weighted by atomic mass is 10.1. The van der Waals surface area contributed by atoms with E-state index in [-0.39, 0.29) is 6.10 Å². The fourth-order valence-electron chi connectivity index (χ4n) is 1.78. The van der Waals surface area contributed by atoms with E-state index in [4.69, 9.17) is 4.74 Å². The van der Waals surface area contributed by atoms with E-state index in [1.54, 1.807) is 0 Å². The number of hydrogen-bond donors (Lipinski definition) is 1. The molecule has 1 rings (SSSR count). The Labute approximate surface area is 92.7 Å². The normalized spacial score (nSPS) is 19.5. The van der Waals surface area contributed by atoms with Crippen LogP contribution >= 0.6 is 0 Å². The predicted octanol–water partition coefficient (Wildman–Crippen LogP) is 1.42. The van der Waals surface area contributed by atoms with Gasteiger partial charge in [0, 0.05) is 19.1 Å². The van der Waals surface area contributed by atoms with Gasteiger partial charge >= 0.3 is 0 Å². The van der Waals surface area contributed by atoms with Gasteiger partial charge in [-0.05, 0) is 32.8 Å². The summed E-state index contributed by atoms with van der Waals surface area (Å²) in [5.41, 5.74) is 1.34. The monoisotopic (exact) mass is 213 g/mol. The van der Waals surface area contributed by atoms with E-state index >= 15 is 0 Å². The molecule has 1 atom stereocenters. The summed E-state index contributed by atoms with van der Waals surface area (Å²) in [4.78, 5) is 2.28. The first-order valence-corrected chi connectivity index (χ1v) is 5.77. The molecule has 1 heterocycles. The number of rotatable bonds is 5. The molecule has 0 aromatic heterocycles. The zero-order chi connectivity index (χ0) is 11.3. The zero-order valence-corrected chi connectivity index (χ0v) is 10.1. The van der Waals surface area contributed by atoms with Crippen molar-refractivity contribution in [1.82, 2.24) is 4.90 Å². The minimum atomic E-state index is -0.266. The van der Waals surface area contributed by atoms with E-state index in [1.807, 2.05) is 6.92 Å². The van der Waals surface area contributed by atoms with E-state index in [1.165, 1.54) is 5.57 Å². The van der Waals surface area contributed by atoms with Crippen molar-refractivity contribution in [2.24, 2.45) is 0 Å². The van der Waals surface area contributed by atoms with Crippen LogP contribution in [0.1, 0.15) is 27.2 Å². The third kappa shape index (κ3) is 4.78. The molecule has 0 fully saturated rings. The highest BCUT2D eigenvalue weighted by Crippen LogP contribution is 2.10. The van der Waals surface area contributed by atoms with E-state index in [9.17, 15) is 5.11 Å². The predicted molar refractivity (Wildman–Crippen MR) is 61.9 cm³/mol. The van der Waals surface area contributed by atoms with Gasteiger partial charge in [0.25, 0.3) is 0 Å². The van der Waals surface area contributed by atoms with Crippen molar-refractivity contribution in [1.29, 1.82) is 0 Å². The van der Waals surface area contributed by atoms with Gasteiger partial charge < -0.3 is 9.84 Å². The summed E-state index contributed by atoms with van der Waals surface area (Å²) in [5, 5.41) is 9.41. The molecule has 3 nitrogen and oxygen atoms in total. The van der Waals surface area contributed by atoms with Crippen molar-refractivity contribution in [3.63, 3.8) is 0 Å². The Kier molecular flexibility index (Phi) is 5.29. The minimum Gasteiger partial charge on any atom is -0.392 e. The smallest absolute Gasteiger partial charge is 0.0689 e. The maximum absolute atomic E-state index is 9.41. The topological polar surface area (TPSA) is 32.7 Å². The molecule has 1 aliphatic heterocycles. The summed E-state index contributed by atoms with van der Waals surface area (Å²) in [6, 6.07) is 0.461. The highest BCUT2D eigenvalue weighted by Gasteiger charge is 2.14. The summed E-state index contributed by atoms with van der Waals surface area (Å²) in [5.74, 6) is 0. The minimum absolute atomic E-state index is 0.266. The van der Waals surface area contributed by atoms with Gasteiger partial charge in [0.2, 0.25) is 0 Å². The molecule has 1 N–H and O–H groups in total. The standard InChI is InChI=1S/C12H23NO2/c1-10(2)13(7-11(3)14)8-12-5-4-6-15-9-12/h5,10-11,14H,4,6-9H2,1-3H3. The third-order valence-electron chi connectivity index (χ3n) is 2.62. The Hall–Kier alpha value is -0.380. The van der Waals surface area contributed by atoms with Crippen molar-refractivity contribution >= 4 is 0 Å². The van der Waals surface area contributed by atoms with Gasteiger partial charge in [-0.3, -0.25) is 4.90 Å². The van der Waals surface area contributed by atoms with Crippen molar-refractivity contribution in [3.05, 3.63) is 11.6 Å². The van der Waals surface area contributed by atoms with Crippen LogP contribution in [0.15, 0.2) is 11.6 Å². The lowest BCUT2D eigenvalue weighted by Gasteiger charge is -2.29. The number of aliphatic hydroxyl groups excluding tert-OH is 1. The molecule has 0 aliphatic carbocycles. The van der Waals surface area contributed by atoms with Crippen LogP contribution in [0.25, 0.3) is 0 Å². The first kappa shape index (κ1) is 12.7. The Morgan fingerprint density at radius 1 is 1.47 bits per heavy atom. The maximum Gasteiger partial charge on any atom is 0.0689 e. The van der Waals surface area contributed by atoms with Crippen LogP contribution < -0.4 is 0 Å². The van der Waals surface area contributed by atoms with Crippen LogP contribution in [-0.2, 0) is 4.74 Å². The Morgan fingerprint density at radius 2 is 2.20 bits per heavy atom. The zero-order valence-electron chi connectivity index (χ0n) is 10.1. The maximum atomic E-state index is 9.41. The number of nitrogens with zero attached hydrogens (tertiary/aromatic N) is 1. The molecule has 88 valence electrons. The lowest BCUT2D eigenvalue weighted by Crippen LogP contribution is -2.38. The molecule has 15 heavy (non-hydrogen) atoms. The molecule has 0 saturated carbocycles. The highest BCUT2D eigenvalue weighted by atomic mass is 16.5. The van der Waals surface area contributed by atoms with E-state index in [0.717, 1.165) is 32.7 Å². The molecule has 1 unspecified atom stereocenters. The van der Waals surface area contributed by atoms with Gasteiger partial charge in [-0.15, -0.1) is 0 Å². The van der Waals surface area contributed by atoms with Crippen molar-refractivity contribution < 1.29 is 9.84 Å². The molecule has 0 aromatic rings. The third-order valence-corrected chi connectivity index (χ3v) is 2.62. The highest BCUT2D eigenvalue weighted by molar-refractivity contribution is 5.07. The summed E-state index contributed by atoms with van der Waals surface area (Å²) in [6.45, 7) is 9.41. The fourth-order valence-corrected chi connectivity index (χ4v) is 1.78. The van der Waals surface area contributed by atoms with E-state index in [0.29, 0.717) is 6.04 Å². The quantitative estimate of drug-likeness (QED) is 0.701. The van der Waals surface area contributed by atoms with Gasteiger partial charge in [0.15, 0.2) is 0 Å². The molecular weight excluding hydrogens is 190 g/mol.